The van der Waals surface area contributed by atoms with Crippen molar-refractivity contribution in [3.8, 4) is 5.75 Å². The number of alkyl halides is 2. The van der Waals surface area contributed by atoms with Crippen LogP contribution in [0.1, 0.15) is 12.5 Å². The van der Waals surface area contributed by atoms with Gasteiger partial charge in [-0.15, -0.1) is 0 Å². The number of hydrogen-bond acceptors (Lipinski definition) is 5. The Morgan fingerprint density at radius 3 is 2.57 bits per heavy atom. The van der Waals surface area contributed by atoms with Gasteiger partial charge in [-0.1, -0.05) is 12.1 Å². The van der Waals surface area contributed by atoms with E-state index in [2.05, 4.69) is 15.0 Å². The van der Waals surface area contributed by atoms with Gasteiger partial charge in [0.05, 0.1) is 18.8 Å². The molecule has 7 heteroatoms. The van der Waals surface area contributed by atoms with Gasteiger partial charge in [0.1, 0.15) is 5.75 Å². The third kappa shape index (κ3) is 6.78. The van der Waals surface area contributed by atoms with Crippen molar-refractivity contribution in [3.05, 3.63) is 29.8 Å². The summed E-state index contributed by atoms with van der Waals surface area (Å²) in [6, 6.07) is 6.47. The van der Waals surface area contributed by atoms with Crippen molar-refractivity contribution in [1.29, 1.82) is 0 Å². The molecular formula is C16H24F2N2O3. The lowest BCUT2D eigenvalue weighted by Gasteiger charge is -2.34. The number of aliphatic hydroxyl groups is 1. The largest absolute Gasteiger partial charge is 0.435 e. The second-order valence-electron chi connectivity index (χ2n) is 6.01. The number of nitrogens with zero attached hydrogens (tertiary/aromatic N) is 1. The van der Waals surface area contributed by atoms with Crippen molar-refractivity contribution in [2.24, 2.45) is 0 Å². The molecule has 0 radical (unpaired) electrons. The Morgan fingerprint density at radius 2 is 1.96 bits per heavy atom. The quantitative estimate of drug-likeness (QED) is 0.756. The van der Waals surface area contributed by atoms with Gasteiger partial charge in [0.25, 0.3) is 0 Å². The fourth-order valence-electron chi connectivity index (χ4n) is 2.56. The smallest absolute Gasteiger partial charge is 0.387 e. The molecular weight excluding hydrogens is 306 g/mol. The second kappa shape index (κ2) is 8.54. The molecule has 1 aromatic rings. The molecule has 1 aliphatic heterocycles. The third-order valence-electron chi connectivity index (χ3n) is 3.65. The van der Waals surface area contributed by atoms with Crippen LogP contribution in [0.15, 0.2) is 24.3 Å². The molecule has 0 aliphatic carbocycles. The van der Waals surface area contributed by atoms with E-state index in [1.807, 2.05) is 0 Å². The minimum absolute atomic E-state index is 0.142. The van der Waals surface area contributed by atoms with E-state index in [0.717, 1.165) is 18.7 Å². The molecule has 0 aromatic heterocycles. The van der Waals surface area contributed by atoms with Crippen molar-refractivity contribution < 1.29 is 23.4 Å². The number of ether oxygens (including phenoxy) is 2. The number of β-amino-alcohol motifs (C(OH)–C–C–N with tert-alkyl or cyclic N) is 1. The SMILES string of the molecule is CC(O)(CNCc1ccc(OC(F)F)cc1)CN1CCOCC1. The average molecular weight is 330 g/mol. The fraction of sp³-hybridized carbons (Fsp3) is 0.625. The van der Waals surface area contributed by atoms with Gasteiger partial charge in [-0.05, 0) is 24.6 Å². The van der Waals surface area contributed by atoms with Crippen molar-refractivity contribution >= 4 is 0 Å². The summed E-state index contributed by atoms with van der Waals surface area (Å²) in [5, 5.41) is 13.6. The summed E-state index contributed by atoms with van der Waals surface area (Å²) in [7, 11) is 0. The molecule has 0 amide bonds. The van der Waals surface area contributed by atoms with Gasteiger partial charge in [0, 0.05) is 32.7 Å². The molecule has 1 aromatic carbocycles. The van der Waals surface area contributed by atoms with Crippen LogP contribution in [0.3, 0.4) is 0 Å². The van der Waals surface area contributed by atoms with E-state index in [0.29, 0.717) is 32.8 Å². The Bertz CT molecular complexity index is 463. The monoisotopic (exact) mass is 330 g/mol. The second-order valence-corrected chi connectivity index (χ2v) is 6.01. The number of morpholine rings is 1. The van der Waals surface area contributed by atoms with Crippen molar-refractivity contribution in [1.82, 2.24) is 10.2 Å². The lowest BCUT2D eigenvalue weighted by atomic mass is 10.1. The molecule has 130 valence electrons. The summed E-state index contributed by atoms with van der Waals surface area (Å²) in [5.41, 5.74) is 0.101. The Balaban J connectivity index is 1.72. The van der Waals surface area contributed by atoms with Crippen molar-refractivity contribution in [2.75, 3.05) is 39.4 Å². The van der Waals surface area contributed by atoms with E-state index in [1.165, 1.54) is 12.1 Å². The van der Waals surface area contributed by atoms with Crippen LogP contribution in [0, 0.1) is 0 Å². The Morgan fingerprint density at radius 1 is 1.30 bits per heavy atom. The van der Waals surface area contributed by atoms with E-state index < -0.39 is 12.2 Å². The molecule has 1 saturated heterocycles. The Labute approximate surface area is 135 Å². The summed E-state index contributed by atoms with van der Waals surface area (Å²) in [6.45, 7) is 3.65. The van der Waals surface area contributed by atoms with Crippen LogP contribution in [0.25, 0.3) is 0 Å². The third-order valence-corrected chi connectivity index (χ3v) is 3.65. The van der Waals surface area contributed by atoms with Crippen molar-refractivity contribution in [2.45, 2.75) is 25.7 Å². The van der Waals surface area contributed by atoms with Gasteiger partial charge in [-0.2, -0.15) is 8.78 Å². The van der Waals surface area contributed by atoms with Crippen LogP contribution in [-0.4, -0.2) is 61.6 Å². The van der Waals surface area contributed by atoms with Crippen LogP contribution in [0.4, 0.5) is 8.78 Å². The van der Waals surface area contributed by atoms with Crippen LogP contribution >= 0.6 is 0 Å². The number of rotatable bonds is 8. The van der Waals surface area contributed by atoms with E-state index in [4.69, 9.17) is 4.74 Å². The van der Waals surface area contributed by atoms with Crippen LogP contribution in [0.2, 0.25) is 0 Å². The average Bonchev–Trinajstić information content (AvgIpc) is 2.49. The maximum atomic E-state index is 12.1. The Hall–Kier alpha value is -1.28. The van der Waals surface area contributed by atoms with E-state index in [1.54, 1.807) is 19.1 Å². The molecule has 2 rings (SSSR count). The molecule has 1 aliphatic rings. The lowest BCUT2D eigenvalue weighted by Crippen LogP contribution is -2.50. The first-order valence-electron chi connectivity index (χ1n) is 7.72. The standard InChI is InChI=1S/C16H24F2N2O3/c1-16(21,12-20-6-8-22-9-7-20)11-19-10-13-2-4-14(5-3-13)23-15(17)18/h2-5,15,19,21H,6-12H2,1H3. The zero-order chi connectivity index (χ0) is 16.7. The van der Waals surface area contributed by atoms with Gasteiger partial charge < -0.3 is 19.9 Å². The first-order valence-corrected chi connectivity index (χ1v) is 7.72. The number of halogens is 2. The summed E-state index contributed by atoms with van der Waals surface area (Å²) >= 11 is 0. The molecule has 0 saturated carbocycles. The molecule has 1 atom stereocenters. The summed E-state index contributed by atoms with van der Waals surface area (Å²) < 4.78 is 33.7. The van der Waals surface area contributed by atoms with E-state index in [-0.39, 0.29) is 5.75 Å². The maximum Gasteiger partial charge on any atom is 0.387 e. The number of nitrogens with one attached hydrogen (secondary N) is 1. The first kappa shape index (κ1) is 18.1. The fourth-order valence-corrected chi connectivity index (χ4v) is 2.56. The predicted octanol–water partition coefficient (Wildman–Crippen LogP) is 1.46. The minimum atomic E-state index is -2.81. The van der Waals surface area contributed by atoms with Gasteiger partial charge in [-0.25, -0.2) is 0 Å². The number of hydrogen-bond donors (Lipinski definition) is 2. The molecule has 1 unspecified atom stereocenters. The minimum Gasteiger partial charge on any atom is -0.435 e. The van der Waals surface area contributed by atoms with Crippen LogP contribution in [-0.2, 0) is 11.3 Å². The highest BCUT2D eigenvalue weighted by Gasteiger charge is 2.24. The lowest BCUT2D eigenvalue weighted by molar-refractivity contribution is -0.0498. The summed E-state index contributed by atoms with van der Waals surface area (Å²) in [4.78, 5) is 2.18. The molecule has 0 bridgehead atoms. The van der Waals surface area contributed by atoms with Gasteiger partial charge in [-0.3, -0.25) is 4.90 Å². The molecule has 23 heavy (non-hydrogen) atoms. The summed E-state index contributed by atoms with van der Waals surface area (Å²) in [6.07, 6.45) is 0. The first-order chi connectivity index (χ1) is 10.9. The van der Waals surface area contributed by atoms with Gasteiger partial charge in [0.15, 0.2) is 0 Å². The molecule has 5 nitrogen and oxygen atoms in total. The van der Waals surface area contributed by atoms with E-state index in [9.17, 15) is 13.9 Å². The van der Waals surface area contributed by atoms with Gasteiger partial charge >= 0.3 is 6.61 Å². The Kier molecular flexibility index (Phi) is 6.71. The molecule has 1 fully saturated rings. The normalized spacial score (nSPS) is 18.8. The zero-order valence-corrected chi connectivity index (χ0v) is 13.3. The van der Waals surface area contributed by atoms with Crippen molar-refractivity contribution in [3.63, 3.8) is 0 Å². The summed E-state index contributed by atoms with van der Waals surface area (Å²) in [5.74, 6) is 0.142. The van der Waals surface area contributed by atoms with Crippen LogP contribution < -0.4 is 10.1 Å². The van der Waals surface area contributed by atoms with E-state index >= 15 is 0 Å². The topological polar surface area (TPSA) is 54.0 Å². The molecule has 1 heterocycles. The highest BCUT2D eigenvalue weighted by molar-refractivity contribution is 5.27. The molecule has 0 spiro atoms. The highest BCUT2D eigenvalue weighted by atomic mass is 19.3. The zero-order valence-electron chi connectivity index (χ0n) is 13.3. The van der Waals surface area contributed by atoms with Gasteiger partial charge in [0.2, 0.25) is 0 Å². The number of benzene rings is 1. The van der Waals surface area contributed by atoms with Crippen LogP contribution in [0.5, 0.6) is 5.75 Å². The predicted molar refractivity (Wildman–Crippen MR) is 82.7 cm³/mol. The molecule has 2 N–H and O–H groups in total. The maximum absolute atomic E-state index is 12.1. The highest BCUT2D eigenvalue weighted by Crippen LogP contribution is 2.15.